The molecule has 1 fully saturated rings. The van der Waals surface area contributed by atoms with Gasteiger partial charge in [-0.15, -0.1) is 0 Å². The molecule has 0 radical (unpaired) electrons. The largest absolute Gasteiger partial charge is 0.393 e. The Morgan fingerprint density at radius 1 is 1.11 bits per heavy atom. The normalized spacial score (nSPS) is 21.4. The number of rotatable bonds is 4. The molecule has 0 heterocycles. The lowest BCUT2D eigenvalue weighted by molar-refractivity contribution is 0.00134. The first-order valence-electron chi connectivity index (χ1n) is 6.91. The fourth-order valence-electron chi connectivity index (χ4n) is 3.25. The maximum atomic E-state index is 10.4. The van der Waals surface area contributed by atoms with Crippen LogP contribution in [0.15, 0.2) is 24.3 Å². The lowest BCUT2D eigenvalue weighted by atomic mass is 9.56. The highest BCUT2D eigenvalue weighted by molar-refractivity contribution is 6.30. The van der Waals surface area contributed by atoms with E-state index in [4.69, 9.17) is 11.6 Å². The van der Waals surface area contributed by atoms with E-state index in [0.717, 1.165) is 5.02 Å². The summed E-state index contributed by atoms with van der Waals surface area (Å²) in [5.74, 6) is 0.609. The third kappa shape index (κ3) is 2.31. The van der Waals surface area contributed by atoms with Crippen LogP contribution in [-0.2, 0) is 5.41 Å². The molecule has 1 aromatic carbocycles. The van der Waals surface area contributed by atoms with Crippen LogP contribution in [0.2, 0.25) is 5.02 Å². The van der Waals surface area contributed by atoms with Crippen molar-refractivity contribution in [3.63, 3.8) is 0 Å². The van der Waals surface area contributed by atoms with Crippen LogP contribution in [0, 0.1) is 11.8 Å². The molecule has 0 unspecified atom stereocenters. The summed E-state index contributed by atoms with van der Waals surface area (Å²) in [6.45, 7) is 6.38. The van der Waals surface area contributed by atoms with Gasteiger partial charge in [0, 0.05) is 10.4 Å². The number of hydrogen-bond acceptors (Lipinski definition) is 1. The lowest BCUT2D eigenvalue weighted by Gasteiger charge is -2.49. The molecule has 0 spiro atoms. The average molecular weight is 267 g/mol. The zero-order chi connectivity index (χ0) is 13.3. The minimum Gasteiger partial charge on any atom is -0.393 e. The molecule has 2 heteroatoms. The van der Waals surface area contributed by atoms with E-state index in [-0.39, 0.29) is 11.5 Å². The Bertz CT molecular complexity index is 392. The Hall–Kier alpha value is -0.530. The second-order valence-corrected chi connectivity index (χ2v) is 6.48. The van der Waals surface area contributed by atoms with Gasteiger partial charge in [-0.25, -0.2) is 0 Å². The van der Waals surface area contributed by atoms with Crippen molar-refractivity contribution in [1.82, 2.24) is 0 Å². The van der Waals surface area contributed by atoms with Gasteiger partial charge in [0.1, 0.15) is 0 Å². The van der Waals surface area contributed by atoms with Gasteiger partial charge in [-0.3, -0.25) is 0 Å². The molecule has 1 aliphatic rings. The highest BCUT2D eigenvalue weighted by Gasteiger charge is 2.46. The molecular formula is C16H23ClO. The first-order chi connectivity index (χ1) is 8.47. The minimum atomic E-state index is -0.235. The smallest absolute Gasteiger partial charge is 0.0597 e. The zero-order valence-electron chi connectivity index (χ0n) is 11.5. The number of aliphatic hydroxyl groups is 1. The molecule has 0 bridgehead atoms. The fourth-order valence-corrected chi connectivity index (χ4v) is 3.38. The molecule has 1 N–H and O–H groups in total. The van der Waals surface area contributed by atoms with Crippen LogP contribution in [0.4, 0.5) is 0 Å². The topological polar surface area (TPSA) is 20.2 Å². The van der Waals surface area contributed by atoms with Crippen LogP contribution in [-0.4, -0.2) is 11.2 Å². The van der Waals surface area contributed by atoms with Gasteiger partial charge < -0.3 is 5.11 Å². The maximum absolute atomic E-state index is 10.4. The molecule has 1 aliphatic carbocycles. The molecule has 2 atom stereocenters. The van der Waals surface area contributed by atoms with Crippen LogP contribution >= 0.6 is 11.6 Å². The van der Waals surface area contributed by atoms with Crippen LogP contribution in [0.1, 0.15) is 45.6 Å². The summed E-state index contributed by atoms with van der Waals surface area (Å²) in [6, 6.07) is 8.19. The molecule has 2 rings (SSSR count). The van der Waals surface area contributed by atoms with Crippen molar-refractivity contribution in [2.45, 2.75) is 51.6 Å². The minimum absolute atomic E-state index is 0.161. The summed E-state index contributed by atoms with van der Waals surface area (Å²) in [7, 11) is 0. The standard InChI is InChI=1S/C16H23ClO/c1-11(2)15(18)12(3)16(9-4-10-16)13-5-7-14(17)8-6-13/h5-8,11-12,15,18H,4,9-10H2,1-3H3/t12-,15+/m1/s1. The quantitative estimate of drug-likeness (QED) is 0.856. The van der Waals surface area contributed by atoms with E-state index in [9.17, 15) is 5.11 Å². The number of halogens is 1. The molecule has 1 aromatic rings. The van der Waals surface area contributed by atoms with E-state index in [1.165, 1.54) is 24.8 Å². The van der Waals surface area contributed by atoms with Crippen LogP contribution in [0.25, 0.3) is 0 Å². The second-order valence-electron chi connectivity index (χ2n) is 6.04. The van der Waals surface area contributed by atoms with Gasteiger partial charge in [-0.1, -0.05) is 50.9 Å². The highest BCUT2D eigenvalue weighted by Crippen LogP contribution is 2.51. The molecule has 1 nitrogen and oxygen atoms in total. The van der Waals surface area contributed by atoms with Gasteiger partial charge in [0.25, 0.3) is 0 Å². The van der Waals surface area contributed by atoms with Gasteiger partial charge in [-0.2, -0.15) is 0 Å². The first kappa shape index (κ1) is 13.9. The molecule has 0 amide bonds. The fraction of sp³-hybridized carbons (Fsp3) is 0.625. The van der Waals surface area contributed by atoms with Crippen LogP contribution in [0.5, 0.6) is 0 Å². The summed E-state index contributed by atoms with van der Waals surface area (Å²) in [5.41, 5.74) is 1.50. The van der Waals surface area contributed by atoms with Crippen molar-refractivity contribution >= 4 is 11.6 Å². The molecule has 18 heavy (non-hydrogen) atoms. The van der Waals surface area contributed by atoms with E-state index in [1.54, 1.807) is 0 Å². The maximum Gasteiger partial charge on any atom is 0.0597 e. The SMILES string of the molecule is CC(C)[C@H](O)[C@@H](C)C1(c2ccc(Cl)cc2)CCC1. The number of aliphatic hydroxyl groups excluding tert-OH is 1. The van der Waals surface area contributed by atoms with E-state index < -0.39 is 0 Å². The second kappa shape index (κ2) is 5.22. The Labute approximate surface area is 115 Å². The third-order valence-corrected chi connectivity index (χ3v) is 4.98. The van der Waals surface area contributed by atoms with Crippen molar-refractivity contribution in [2.75, 3.05) is 0 Å². The lowest BCUT2D eigenvalue weighted by Crippen LogP contribution is -2.47. The predicted octanol–water partition coefficient (Wildman–Crippen LogP) is 4.41. The number of hydrogen-bond donors (Lipinski definition) is 1. The van der Waals surface area contributed by atoms with Crippen molar-refractivity contribution in [3.8, 4) is 0 Å². The Kier molecular flexibility index (Phi) is 4.03. The van der Waals surface area contributed by atoms with E-state index >= 15 is 0 Å². The predicted molar refractivity (Wildman–Crippen MR) is 77.0 cm³/mol. The average Bonchev–Trinajstić information content (AvgIpc) is 2.28. The van der Waals surface area contributed by atoms with Gasteiger partial charge >= 0.3 is 0 Å². The summed E-state index contributed by atoms with van der Waals surface area (Å²) in [4.78, 5) is 0. The summed E-state index contributed by atoms with van der Waals surface area (Å²) in [6.07, 6.45) is 3.39. The molecule has 100 valence electrons. The van der Waals surface area contributed by atoms with E-state index in [1.807, 2.05) is 12.1 Å². The Morgan fingerprint density at radius 3 is 2.06 bits per heavy atom. The van der Waals surface area contributed by atoms with Gasteiger partial charge in [0.15, 0.2) is 0 Å². The van der Waals surface area contributed by atoms with Crippen LogP contribution in [0.3, 0.4) is 0 Å². The first-order valence-corrected chi connectivity index (χ1v) is 7.29. The third-order valence-electron chi connectivity index (χ3n) is 4.73. The van der Waals surface area contributed by atoms with Crippen molar-refractivity contribution in [2.24, 2.45) is 11.8 Å². The molecule has 0 aromatic heterocycles. The Balaban J connectivity index is 2.28. The molecule has 0 saturated heterocycles. The number of benzene rings is 1. The van der Waals surface area contributed by atoms with E-state index in [0.29, 0.717) is 11.8 Å². The Morgan fingerprint density at radius 2 is 1.67 bits per heavy atom. The molecular weight excluding hydrogens is 244 g/mol. The van der Waals surface area contributed by atoms with Gasteiger partial charge in [0.2, 0.25) is 0 Å². The zero-order valence-corrected chi connectivity index (χ0v) is 12.2. The van der Waals surface area contributed by atoms with Crippen molar-refractivity contribution in [3.05, 3.63) is 34.9 Å². The summed E-state index contributed by atoms with van der Waals surface area (Å²) >= 11 is 5.97. The highest BCUT2D eigenvalue weighted by atomic mass is 35.5. The monoisotopic (exact) mass is 266 g/mol. The summed E-state index contributed by atoms with van der Waals surface area (Å²) < 4.78 is 0. The van der Waals surface area contributed by atoms with Gasteiger partial charge in [-0.05, 0) is 42.4 Å². The van der Waals surface area contributed by atoms with E-state index in [2.05, 4.69) is 32.9 Å². The van der Waals surface area contributed by atoms with Gasteiger partial charge in [0.05, 0.1) is 6.10 Å². The van der Waals surface area contributed by atoms with Crippen LogP contribution < -0.4 is 0 Å². The molecule has 1 saturated carbocycles. The van der Waals surface area contributed by atoms with Crippen molar-refractivity contribution < 1.29 is 5.11 Å². The summed E-state index contributed by atoms with van der Waals surface area (Å²) in [5, 5.41) is 11.2. The van der Waals surface area contributed by atoms with Crippen molar-refractivity contribution in [1.29, 1.82) is 0 Å². The molecule has 0 aliphatic heterocycles.